The van der Waals surface area contributed by atoms with E-state index in [4.69, 9.17) is 5.73 Å². The third-order valence-corrected chi connectivity index (χ3v) is 5.19. The SMILES string of the molecule is NCCCCCC(=O)NCC(=O)NC[C@@H](NS(=O)(=O)c1ccccc1)C(=O)O. The molecule has 0 aromatic heterocycles. The van der Waals surface area contributed by atoms with Crippen LogP contribution >= 0.6 is 0 Å². The lowest BCUT2D eigenvalue weighted by atomic mass is 10.2. The van der Waals surface area contributed by atoms with E-state index in [0.29, 0.717) is 13.0 Å². The number of hydrogen-bond acceptors (Lipinski definition) is 6. The molecule has 2 amide bonds. The second-order valence-corrected chi connectivity index (χ2v) is 7.72. The van der Waals surface area contributed by atoms with Gasteiger partial charge in [-0.1, -0.05) is 24.6 Å². The first-order chi connectivity index (χ1) is 13.3. The fourth-order valence-electron chi connectivity index (χ4n) is 2.19. The van der Waals surface area contributed by atoms with Gasteiger partial charge in [-0.05, 0) is 31.5 Å². The van der Waals surface area contributed by atoms with E-state index in [1.54, 1.807) is 6.07 Å². The number of hydrogen-bond donors (Lipinski definition) is 5. The van der Waals surface area contributed by atoms with Crippen LogP contribution in [0.2, 0.25) is 0 Å². The monoisotopic (exact) mass is 414 g/mol. The van der Waals surface area contributed by atoms with Crippen LogP contribution in [0.1, 0.15) is 25.7 Å². The molecule has 0 spiro atoms. The maximum atomic E-state index is 12.2. The lowest BCUT2D eigenvalue weighted by Crippen LogP contribution is -2.49. The summed E-state index contributed by atoms with van der Waals surface area (Å²) >= 11 is 0. The molecule has 0 heterocycles. The highest BCUT2D eigenvalue weighted by atomic mass is 32.2. The zero-order valence-electron chi connectivity index (χ0n) is 15.4. The van der Waals surface area contributed by atoms with Crippen molar-refractivity contribution in [2.75, 3.05) is 19.6 Å². The van der Waals surface area contributed by atoms with Gasteiger partial charge in [0.25, 0.3) is 0 Å². The second-order valence-electron chi connectivity index (χ2n) is 6.01. The first-order valence-electron chi connectivity index (χ1n) is 8.80. The largest absolute Gasteiger partial charge is 0.480 e. The normalized spacial score (nSPS) is 12.2. The molecule has 0 fully saturated rings. The molecule has 10 nitrogen and oxygen atoms in total. The molecule has 1 aromatic rings. The number of nitrogens with one attached hydrogen (secondary N) is 3. The highest BCUT2D eigenvalue weighted by molar-refractivity contribution is 7.89. The lowest BCUT2D eigenvalue weighted by molar-refractivity contribution is -0.139. The molecular formula is C17H26N4O6S. The molecule has 1 atom stereocenters. The smallest absolute Gasteiger partial charge is 0.323 e. The zero-order valence-corrected chi connectivity index (χ0v) is 16.2. The maximum Gasteiger partial charge on any atom is 0.323 e. The predicted molar refractivity (Wildman–Crippen MR) is 102 cm³/mol. The van der Waals surface area contributed by atoms with E-state index < -0.39 is 34.5 Å². The van der Waals surface area contributed by atoms with Crippen LogP contribution in [0, 0.1) is 0 Å². The number of carboxylic acid groups (broad SMARTS) is 1. The molecule has 6 N–H and O–H groups in total. The summed E-state index contributed by atoms with van der Waals surface area (Å²) in [6.07, 6.45) is 2.57. The zero-order chi connectivity index (χ0) is 21.0. The van der Waals surface area contributed by atoms with Gasteiger partial charge in [-0.15, -0.1) is 0 Å². The Labute approximate surface area is 163 Å². The van der Waals surface area contributed by atoms with E-state index >= 15 is 0 Å². The van der Waals surface area contributed by atoms with E-state index in [-0.39, 0.29) is 23.8 Å². The Kier molecular flexibility index (Phi) is 10.1. The van der Waals surface area contributed by atoms with Crippen molar-refractivity contribution in [3.8, 4) is 0 Å². The van der Waals surface area contributed by atoms with Crippen LogP contribution < -0.4 is 21.1 Å². The van der Waals surface area contributed by atoms with Crippen LogP contribution in [0.5, 0.6) is 0 Å². The molecule has 0 radical (unpaired) electrons. The third kappa shape index (κ3) is 8.93. The topological polar surface area (TPSA) is 168 Å². The van der Waals surface area contributed by atoms with Crippen LogP contribution in [-0.2, 0) is 24.4 Å². The van der Waals surface area contributed by atoms with Gasteiger partial charge in [0.2, 0.25) is 21.8 Å². The van der Waals surface area contributed by atoms with Crippen molar-refractivity contribution in [3.63, 3.8) is 0 Å². The van der Waals surface area contributed by atoms with E-state index in [9.17, 15) is 27.9 Å². The molecule has 1 aromatic carbocycles. The summed E-state index contributed by atoms with van der Waals surface area (Å²) in [5.74, 6) is -2.36. The number of carboxylic acids is 1. The van der Waals surface area contributed by atoms with Crippen LogP contribution in [0.25, 0.3) is 0 Å². The van der Waals surface area contributed by atoms with Gasteiger partial charge in [-0.2, -0.15) is 4.72 Å². The first-order valence-corrected chi connectivity index (χ1v) is 10.3. The van der Waals surface area contributed by atoms with E-state index in [2.05, 4.69) is 10.6 Å². The highest BCUT2D eigenvalue weighted by Crippen LogP contribution is 2.08. The summed E-state index contributed by atoms with van der Waals surface area (Å²) in [4.78, 5) is 34.6. The van der Waals surface area contributed by atoms with Gasteiger partial charge < -0.3 is 21.5 Å². The minimum Gasteiger partial charge on any atom is -0.480 e. The fourth-order valence-corrected chi connectivity index (χ4v) is 3.40. The summed E-state index contributed by atoms with van der Waals surface area (Å²) in [5, 5.41) is 13.9. The van der Waals surface area contributed by atoms with Gasteiger partial charge in [0.1, 0.15) is 6.04 Å². The summed E-state index contributed by atoms with van der Waals surface area (Å²) in [7, 11) is -4.05. The molecule has 0 aliphatic rings. The molecular weight excluding hydrogens is 388 g/mol. The molecule has 0 bridgehead atoms. The number of benzene rings is 1. The molecule has 156 valence electrons. The summed E-state index contributed by atoms with van der Waals surface area (Å²) in [6.45, 7) is -0.233. The molecule has 0 unspecified atom stereocenters. The minimum absolute atomic E-state index is 0.0884. The van der Waals surface area contributed by atoms with Crippen molar-refractivity contribution in [1.29, 1.82) is 0 Å². The van der Waals surface area contributed by atoms with Crippen molar-refractivity contribution < 1.29 is 27.9 Å². The van der Waals surface area contributed by atoms with Crippen LogP contribution in [0.3, 0.4) is 0 Å². The molecule has 0 saturated carbocycles. The standard InChI is InChI=1S/C17H26N4O6S/c18-10-6-2-5-9-15(22)20-12-16(23)19-11-14(17(24)25)21-28(26,27)13-7-3-1-4-8-13/h1,3-4,7-8,14,21H,2,5-6,9-12,18H2,(H,19,23)(H,20,22)(H,24,25)/t14-/m1/s1. The summed E-state index contributed by atoms with van der Waals surface area (Å²) in [5.41, 5.74) is 5.36. The van der Waals surface area contributed by atoms with Crippen molar-refractivity contribution in [3.05, 3.63) is 30.3 Å². The number of carbonyl (C=O) groups is 3. The predicted octanol–water partition coefficient (Wildman–Crippen LogP) is -0.830. The van der Waals surface area contributed by atoms with Crippen molar-refractivity contribution >= 4 is 27.8 Å². The second kappa shape index (κ2) is 12.1. The Morgan fingerprint density at radius 1 is 1.00 bits per heavy atom. The number of aliphatic carboxylic acids is 1. The molecule has 0 saturated heterocycles. The average molecular weight is 414 g/mol. The molecule has 11 heteroatoms. The molecule has 0 aliphatic heterocycles. The van der Waals surface area contributed by atoms with Gasteiger partial charge in [0.15, 0.2) is 0 Å². The van der Waals surface area contributed by atoms with Gasteiger partial charge in [-0.25, -0.2) is 8.42 Å². The van der Waals surface area contributed by atoms with Crippen molar-refractivity contribution in [2.24, 2.45) is 5.73 Å². The average Bonchev–Trinajstić information content (AvgIpc) is 2.67. The molecule has 1 rings (SSSR count). The highest BCUT2D eigenvalue weighted by Gasteiger charge is 2.25. The Morgan fingerprint density at radius 2 is 1.68 bits per heavy atom. The Balaban J connectivity index is 2.45. The van der Waals surface area contributed by atoms with E-state index in [0.717, 1.165) is 12.8 Å². The maximum absolute atomic E-state index is 12.2. The lowest BCUT2D eigenvalue weighted by Gasteiger charge is -2.16. The molecule has 28 heavy (non-hydrogen) atoms. The first kappa shape index (κ1) is 23.5. The minimum atomic E-state index is -4.05. The summed E-state index contributed by atoms with van der Waals surface area (Å²) in [6, 6.07) is 5.73. The van der Waals surface area contributed by atoms with Gasteiger partial charge in [0, 0.05) is 13.0 Å². The summed E-state index contributed by atoms with van der Waals surface area (Å²) < 4.78 is 26.4. The van der Waals surface area contributed by atoms with Crippen LogP contribution in [0.15, 0.2) is 35.2 Å². The van der Waals surface area contributed by atoms with Crippen molar-refractivity contribution in [1.82, 2.24) is 15.4 Å². The Bertz CT molecular complexity index is 754. The number of carbonyl (C=O) groups excluding carboxylic acids is 2. The Morgan fingerprint density at radius 3 is 2.29 bits per heavy atom. The van der Waals surface area contributed by atoms with Crippen LogP contribution in [0.4, 0.5) is 0 Å². The number of nitrogens with two attached hydrogens (primary N) is 1. The molecule has 0 aliphatic carbocycles. The van der Waals surface area contributed by atoms with E-state index in [1.807, 2.05) is 4.72 Å². The van der Waals surface area contributed by atoms with Gasteiger partial charge in [0.05, 0.1) is 11.4 Å². The fraction of sp³-hybridized carbons (Fsp3) is 0.471. The number of rotatable bonds is 13. The van der Waals surface area contributed by atoms with Crippen molar-refractivity contribution in [2.45, 2.75) is 36.6 Å². The number of amides is 2. The van der Waals surface area contributed by atoms with Gasteiger partial charge >= 0.3 is 5.97 Å². The van der Waals surface area contributed by atoms with Crippen LogP contribution in [-0.4, -0.2) is 57.0 Å². The Hall–Kier alpha value is -2.50. The quantitative estimate of drug-likeness (QED) is 0.262. The van der Waals surface area contributed by atoms with E-state index in [1.165, 1.54) is 24.3 Å². The van der Waals surface area contributed by atoms with Gasteiger partial charge in [-0.3, -0.25) is 14.4 Å². The third-order valence-electron chi connectivity index (χ3n) is 3.71. The number of sulfonamides is 1. The number of unbranched alkanes of at least 4 members (excludes halogenated alkanes) is 2.